The first-order chi connectivity index (χ1) is 8.61. The van der Waals surface area contributed by atoms with Crippen molar-refractivity contribution in [2.75, 3.05) is 0 Å². The molecule has 0 fully saturated rings. The van der Waals surface area contributed by atoms with Crippen molar-refractivity contribution in [3.63, 3.8) is 0 Å². The summed E-state index contributed by atoms with van der Waals surface area (Å²) >= 11 is 5.77. The molecule has 0 radical (unpaired) electrons. The van der Waals surface area contributed by atoms with Crippen LogP contribution in [0.2, 0.25) is 5.02 Å². The van der Waals surface area contributed by atoms with E-state index in [4.69, 9.17) is 26.3 Å². The van der Waals surface area contributed by atoms with E-state index in [1.807, 2.05) is 0 Å². The van der Waals surface area contributed by atoms with Crippen LogP contribution < -0.4 is 0 Å². The van der Waals surface area contributed by atoms with E-state index in [1.54, 1.807) is 18.2 Å². The van der Waals surface area contributed by atoms with Crippen molar-refractivity contribution in [1.29, 1.82) is 0 Å². The second-order valence-corrected chi connectivity index (χ2v) is 3.85. The van der Waals surface area contributed by atoms with Crippen molar-refractivity contribution < 1.29 is 19.5 Å². The van der Waals surface area contributed by atoms with E-state index in [-0.39, 0.29) is 10.6 Å². The third-order valence-electron chi connectivity index (χ3n) is 2.29. The quantitative estimate of drug-likeness (QED) is 0.507. The smallest absolute Gasteiger partial charge is 0.337 e. The molecule has 6 heteroatoms. The topological polar surface area (TPSA) is 83.0 Å². The summed E-state index contributed by atoms with van der Waals surface area (Å²) in [6.45, 7) is 0. The number of carbonyl (C=O) groups is 1. The number of furan rings is 1. The number of nitrogens with zero attached hydrogens (tertiary/aromatic N) is 1. The molecule has 1 heterocycles. The average molecular weight is 266 g/mol. The van der Waals surface area contributed by atoms with Crippen LogP contribution in [0.5, 0.6) is 0 Å². The van der Waals surface area contributed by atoms with Gasteiger partial charge in [0.05, 0.1) is 10.6 Å². The average Bonchev–Trinajstić information content (AvgIpc) is 2.78. The Morgan fingerprint density at radius 3 is 2.78 bits per heavy atom. The Morgan fingerprint density at radius 1 is 1.33 bits per heavy atom. The lowest BCUT2D eigenvalue weighted by Gasteiger charge is -2.01. The first-order valence-electron chi connectivity index (χ1n) is 4.92. The number of oxime groups is 1. The number of halogens is 1. The van der Waals surface area contributed by atoms with E-state index in [0.717, 1.165) is 6.21 Å². The Balaban J connectivity index is 2.44. The van der Waals surface area contributed by atoms with Crippen LogP contribution in [0.1, 0.15) is 16.1 Å². The number of hydrogen-bond donors (Lipinski definition) is 2. The molecule has 1 aromatic carbocycles. The number of carboxylic acid groups (broad SMARTS) is 1. The van der Waals surface area contributed by atoms with E-state index >= 15 is 0 Å². The van der Waals surface area contributed by atoms with Gasteiger partial charge >= 0.3 is 5.97 Å². The lowest BCUT2D eigenvalue weighted by atomic mass is 10.1. The maximum Gasteiger partial charge on any atom is 0.337 e. The molecule has 0 aliphatic heterocycles. The zero-order valence-electron chi connectivity index (χ0n) is 9.00. The van der Waals surface area contributed by atoms with Gasteiger partial charge in [0.2, 0.25) is 0 Å². The van der Waals surface area contributed by atoms with Gasteiger partial charge in [0.25, 0.3) is 0 Å². The second-order valence-electron chi connectivity index (χ2n) is 3.45. The molecule has 92 valence electrons. The number of benzene rings is 1. The highest BCUT2D eigenvalue weighted by Gasteiger charge is 2.12. The van der Waals surface area contributed by atoms with Gasteiger partial charge in [0.1, 0.15) is 17.7 Å². The third-order valence-corrected chi connectivity index (χ3v) is 2.62. The summed E-state index contributed by atoms with van der Waals surface area (Å²) in [5.41, 5.74) is 0.581. The molecule has 0 atom stereocenters. The molecule has 0 aliphatic carbocycles. The van der Waals surface area contributed by atoms with Gasteiger partial charge in [0.15, 0.2) is 0 Å². The number of hydrogen-bond acceptors (Lipinski definition) is 4. The molecule has 0 aliphatic rings. The Kier molecular flexibility index (Phi) is 3.34. The van der Waals surface area contributed by atoms with Crippen molar-refractivity contribution in [3.05, 3.63) is 46.7 Å². The van der Waals surface area contributed by atoms with E-state index in [1.165, 1.54) is 12.1 Å². The van der Waals surface area contributed by atoms with E-state index in [2.05, 4.69) is 5.16 Å². The highest BCUT2D eigenvalue weighted by Crippen LogP contribution is 2.26. The zero-order valence-corrected chi connectivity index (χ0v) is 9.76. The van der Waals surface area contributed by atoms with Gasteiger partial charge in [-0.05, 0) is 30.3 Å². The van der Waals surface area contributed by atoms with Crippen LogP contribution in [0, 0.1) is 0 Å². The molecule has 18 heavy (non-hydrogen) atoms. The Bertz CT molecular complexity index is 618. The minimum absolute atomic E-state index is 0.00272. The largest absolute Gasteiger partial charge is 0.478 e. The molecule has 1 aromatic heterocycles. The van der Waals surface area contributed by atoms with Crippen LogP contribution in [0.15, 0.2) is 39.9 Å². The predicted octanol–water partition coefficient (Wildman–Crippen LogP) is 3.11. The number of carboxylic acids is 1. The van der Waals surface area contributed by atoms with Crippen LogP contribution >= 0.6 is 11.6 Å². The van der Waals surface area contributed by atoms with Gasteiger partial charge in [-0.25, -0.2) is 4.79 Å². The van der Waals surface area contributed by atoms with Gasteiger partial charge in [-0.1, -0.05) is 16.8 Å². The molecular formula is C12H8ClNO4. The molecular weight excluding hydrogens is 258 g/mol. The summed E-state index contributed by atoms with van der Waals surface area (Å²) in [5.74, 6) is -0.283. The summed E-state index contributed by atoms with van der Waals surface area (Å²) in [6, 6.07) is 7.80. The molecule has 5 nitrogen and oxygen atoms in total. The first-order valence-corrected chi connectivity index (χ1v) is 5.30. The van der Waals surface area contributed by atoms with Crippen LogP contribution in [0.25, 0.3) is 11.3 Å². The molecule has 2 rings (SSSR count). The van der Waals surface area contributed by atoms with Crippen LogP contribution in [-0.2, 0) is 0 Å². The molecule has 2 N–H and O–H groups in total. The number of aromatic carboxylic acids is 1. The number of rotatable bonds is 3. The van der Waals surface area contributed by atoms with Crippen LogP contribution in [-0.4, -0.2) is 22.5 Å². The highest BCUT2D eigenvalue weighted by molar-refractivity contribution is 6.33. The van der Waals surface area contributed by atoms with Gasteiger partial charge < -0.3 is 14.7 Å². The second kappa shape index (κ2) is 4.93. The van der Waals surface area contributed by atoms with Gasteiger partial charge in [-0.2, -0.15) is 0 Å². The van der Waals surface area contributed by atoms with Crippen molar-refractivity contribution in [3.8, 4) is 11.3 Å². The van der Waals surface area contributed by atoms with Gasteiger partial charge in [-0.15, -0.1) is 0 Å². The fourth-order valence-corrected chi connectivity index (χ4v) is 1.68. The molecule has 0 amide bonds. The Hall–Kier alpha value is -2.27. The minimum atomic E-state index is -1.11. The summed E-state index contributed by atoms with van der Waals surface area (Å²) in [5, 5.41) is 20.3. The van der Waals surface area contributed by atoms with Crippen LogP contribution in [0.4, 0.5) is 0 Å². The molecule has 2 aromatic rings. The fourth-order valence-electron chi connectivity index (χ4n) is 1.48. The lowest BCUT2D eigenvalue weighted by molar-refractivity contribution is 0.0697. The summed E-state index contributed by atoms with van der Waals surface area (Å²) < 4.78 is 5.34. The molecule has 0 saturated heterocycles. The molecule has 0 bridgehead atoms. The van der Waals surface area contributed by atoms with E-state index in [9.17, 15) is 4.79 Å². The zero-order chi connectivity index (χ0) is 13.1. The predicted molar refractivity (Wildman–Crippen MR) is 65.5 cm³/mol. The highest BCUT2D eigenvalue weighted by atomic mass is 35.5. The molecule has 0 saturated carbocycles. The van der Waals surface area contributed by atoms with E-state index in [0.29, 0.717) is 17.1 Å². The lowest BCUT2D eigenvalue weighted by Crippen LogP contribution is -1.97. The summed E-state index contributed by atoms with van der Waals surface area (Å²) in [7, 11) is 0. The molecule has 0 unspecified atom stereocenters. The summed E-state index contributed by atoms with van der Waals surface area (Å²) in [4.78, 5) is 10.9. The Morgan fingerprint density at radius 2 is 2.11 bits per heavy atom. The van der Waals surface area contributed by atoms with Crippen LogP contribution in [0.3, 0.4) is 0 Å². The summed E-state index contributed by atoms with van der Waals surface area (Å²) in [6.07, 6.45) is 1.14. The Labute approximate surface area is 107 Å². The maximum absolute atomic E-state index is 10.9. The first kappa shape index (κ1) is 12.2. The normalized spacial score (nSPS) is 10.9. The van der Waals surface area contributed by atoms with Gasteiger partial charge in [0, 0.05) is 5.56 Å². The third kappa shape index (κ3) is 2.36. The van der Waals surface area contributed by atoms with Gasteiger partial charge in [-0.3, -0.25) is 0 Å². The van der Waals surface area contributed by atoms with Crippen molar-refractivity contribution >= 4 is 23.8 Å². The van der Waals surface area contributed by atoms with E-state index < -0.39 is 5.97 Å². The standard InChI is InChI=1S/C12H8ClNO4/c13-10-3-1-7(5-9(10)12(15)16)11-4-2-8(18-11)6-14-17/h1-6,17H,(H,15,16)/b14-6-. The SMILES string of the molecule is O=C(O)c1cc(-c2ccc(/C=N\O)o2)ccc1Cl. The fraction of sp³-hybridized carbons (Fsp3) is 0. The van der Waals surface area contributed by atoms with Crippen molar-refractivity contribution in [2.45, 2.75) is 0 Å². The van der Waals surface area contributed by atoms with Crippen molar-refractivity contribution in [1.82, 2.24) is 0 Å². The monoisotopic (exact) mass is 265 g/mol. The van der Waals surface area contributed by atoms with Crippen molar-refractivity contribution in [2.24, 2.45) is 5.16 Å². The minimum Gasteiger partial charge on any atom is -0.478 e. The molecule has 0 spiro atoms. The maximum atomic E-state index is 10.9.